The van der Waals surface area contributed by atoms with Crippen molar-refractivity contribution in [2.45, 2.75) is 32.6 Å². The standard InChI is InChI=1S/C17H21NO3S2/c1-3-4-5-6-9-18-16(20)15(23-17(18)22)11-12-7-8-13(19)14(10-12)21-2/h7-8,10-11,19H,3-6,9H2,1-2H3/b15-11+. The van der Waals surface area contributed by atoms with Crippen LogP contribution in [0.4, 0.5) is 0 Å². The Bertz CT molecular complexity index is 628. The van der Waals surface area contributed by atoms with Crippen LogP contribution in [0.2, 0.25) is 0 Å². The van der Waals surface area contributed by atoms with Crippen molar-refractivity contribution >= 4 is 40.3 Å². The van der Waals surface area contributed by atoms with Crippen molar-refractivity contribution in [3.8, 4) is 11.5 Å². The summed E-state index contributed by atoms with van der Waals surface area (Å²) in [6.45, 7) is 2.84. The second kappa shape index (κ2) is 8.36. The molecule has 1 N–H and O–H groups in total. The monoisotopic (exact) mass is 351 g/mol. The molecule has 1 heterocycles. The Morgan fingerprint density at radius 2 is 2.13 bits per heavy atom. The van der Waals surface area contributed by atoms with Crippen LogP contribution in [0.3, 0.4) is 0 Å². The van der Waals surface area contributed by atoms with Crippen molar-refractivity contribution < 1.29 is 14.6 Å². The lowest BCUT2D eigenvalue weighted by Gasteiger charge is -2.13. The molecule has 0 saturated carbocycles. The minimum absolute atomic E-state index is 0.0384. The molecule has 124 valence electrons. The Morgan fingerprint density at radius 1 is 1.35 bits per heavy atom. The lowest BCUT2D eigenvalue weighted by atomic mass is 10.1. The number of hydrogen-bond acceptors (Lipinski definition) is 5. The summed E-state index contributed by atoms with van der Waals surface area (Å²) < 4.78 is 5.70. The van der Waals surface area contributed by atoms with Gasteiger partial charge in [0.05, 0.1) is 12.0 Å². The van der Waals surface area contributed by atoms with Crippen LogP contribution in [0.25, 0.3) is 6.08 Å². The predicted molar refractivity (Wildman–Crippen MR) is 98.7 cm³/mol. The summed E-state index contributed by atoms with van der Waals surface area (Å²) in [6, 6.07) is 4.99. The molecule has 1 fully saturated rings. The minimum atomic E-state index is -0.0384. The van der Waals surface area contributed by atoms with Gasteiger partial charge in [-0.3, -0.25) is 9.69 Å². The number of thiocarbonyl (C=S) groups is 1. The molecule has 2 rings (SSSR count). The third-order valence-corrected chi connectivity index (χ3v) is 4.99. The molecule has 23 heavy (non-hydrogen) atoms. The summed E-state index contributed by atoms with van der Waals surface area (Å²) in [5.74, 6) is 0.422. The Hall–Kier alpha value is -1.53. The van der Waals surface area contributed by atoms with Crippen molar-refractivity contribution in [2.75, 3.05) is 13.7 Å². The van der Waals surface area contributed by atoms with E-state index in [4.69, 9.17) is 17.0 Å². The number of unbranched alkanes of at least 4 members (excludes halogenated alkanes) is 3. The van der Waals surface area contributed by atoms with E-state index in [9.17, 15) is 9.90 Å². The normalized spacial score (nSPS) is 16.4. The molecular formula is C17H21NO3S2. The van der Waals surface area contributed by atoms with Gasteiger partial charge in [0.25, 0.3) is 5.91 Å². The average Bonchev–Trinajstić information content (AvgIpc) is 2.80. The van der Waals surface area contributed by atoms with Gasteiger partial charge >= 0.3 is 0 Å². The number of ether oxygens (including phenoxy) is 1. The fourth-order valence-corrected chi connectivity index (χ4v) is 3.63. The quantitative estimate of drug-likeness (QED) is 0.454. The number of aromatic hydroxyl groups is 1. The SMILES string of the molecule is CCCCCCN1C(=O)/C(=C\c2ccc(O)c(OC)c2)SC1=S. The molecule has 1 aromatic rings. The van der Waals surface area contributed by atoms with Crippen LogP contribution in [0.1, 0.15) is 38.2 Å². The van der Waals surface area contributed by atoms with Crippen LogP contribution in [-0.4, -0.2) is 33.9 Å². The first-order valence-corrected chi connectivity index (χ1v) is 8.91. The van der Waals surface area contributed by atoms with Crippen LogP contribution < -0.4 is 4.74 Å². The molecule has 0 bridgehead atoms. The fraction of sp³-hybridized carbons (Fsp3) is 0.412. The zero-order valence-electron chi connectivity index (χ0n) is 13.4. The Labute approximate surface area is 146 Å². The summed E-state index contributed by atoms with van der Waals surface area (Å²) in [5, 5.41) is 9.63. The van der Waals surface area contributed by atoms with Gasteiger partial charge in [-0.15, -0.1) is 0 Å². The van der Waals surface area contributed by atoms with Crippen LogP contribution in [0.5, 0.6) is 11.5 Å². The maximum absolute atomic E-state index is 12.5. The number of benzene rings is 1. The molecule has 0 spiro atoms. The maximum atomic E-state index is 12.5. The highest BCUT2D eigenvalue weighted by Crippen LogP contribution is 2.34. The van der Waals surface area contributed by atoms with E-state index in [1.54, 1.807) is 29.2 Å². The van der Waals surface area contributed by atoms with Gasteiger partial charge in [0, 0.05) is 6.54 Å². The highest BCUT2D eigenvalue weighted by Gasteiger charge is 2.31. The first-order chi connectivity index (χ1) is 11.1. The van der Waals surface area contributed by atoms with Crippen molar-refractivity contribution in [3.05, 3.63) is 28.7 Å². The molecule has 1 aromatic carbocycles. The third kappa shape index (κ3) is 4.48. The fourth-order valence-electron chi connectivity index (χ4n) is 2.32. The van der Waals surface area contributed by atoms with Crippen LogP contribution >= 0.6 is 24.0 Å². The van der Waals surface area contributed by atoms with Gasteiger partial charge in [-0.25, -0.2) is 0 Å². The molecule has 1 aliphatic heterocycles. The first-order valence-electron chi connectivity index (χ1n) is 7.69. The molecule has 0 radical (unpaired) electrons. The third-order valence-electron chi connectivity index (χ3n) is 3.61. The number of carbonyl (C=O) groups excluding carboxylic acids is 1. The van der Waals surface area contributed by atoms with Gasteiger partial charge in [0.15, 0.2) is 11.5 Å². The smallest absolute Gasteiger partial charge is 0.266 e. The number of nitrogens with zero attached hydrogens (tertiary/aromatic N) is 1. The summed E-state index contributed by atoms with van der Waals surface area (Å²) in [5.41, 5.74) is 0.797. The number of carbonyl (C=O) groups is 1. The lowest BCUT2D eigenvalue weighted by Crippen LogP contribution is -2.28. The molecule has 6 heteroatoms. The molecule has 0 aromatic heterocycles. The van der Waals surface area contributed by atoms with Gasteiger partial charge in [-0.05, 0) is 30.2 Å². The second-order valence-corrected chi connectivity index (χ2v) is 7.00. The second-order valence-electron chi connectivity index (χ2n) is 5.33. The molecule has 1 saturated heterocycles. The highest BCUT2D eigenvalue weighted by atomic mass is 32.2. The predicted octanol–water partition coefficient (Wildman–Crippen LogP) is 4.18. The van der Waals surface area contributed by atoms with Crippen molar-refractivity contribution in [2.24, 2.45) is 0 Å². The zero-order chi connectivity index (χ0) is 16.8. The molecule has 1 aliphatic rings. The molecule has 0 atom stereocenters. The van der Waals surface area contributed by atoms with Gasteiger partial charge in [0.2, 0.25) is 0 Å². The van der Waals surface area contributed by atoms with Crippen molar-refractivity contribution in [3.63, 3.8) is 0 Å². The van der Waals surface area contributed by atoms with E-state index in [1.165, 1.54) is 31.7 Å². The van der Waals surface area contributed by atoms with Gasteiger partial charge in [-0.1, -0.05) is 56.2 Å². The van der Waals surface area contributed by atoms with Crippen LogP contribution in [0.15, 0.2) is 23.1 Å². The number of methoxy groups -OCH3 is 1. The number of rotatable bonds is 7. The average molecular weight is 351 g/mol. The van der Waals surface area contributed by atoms with Gasteiger partial charge < -0.3 is 9.84 Å². The van der Waals surface area contributed by atoms with E-state index in [1.807, 2.05) is 0 Å². The Balaban J connectivity index is 2.09. The summed E-state index contributed by atoms with van der Waals surface area (Å²) in [4.78, 5) is 14.8. The Morgan fingerprint density at radius 3 is 2.83 bits per heavy atom. The first kappa shape index (κ1) is 17.8. The summed E-state index contributed by atoms with van der Waals surface area (Å²) in [6.07, 6.45) is 6.22. The van der Waals surface area contributed by atoms with Crippen LogP contribution in [-0.2, 0) is 4.79 Å². The molecular weight excluding hydrogens is 330 g/mol. The lowest BCUT2D eigenvalue weighted by molar-refractivity contribution is -0.122. The number of amides is 1. The molecule has 0 aliphatic carbocycles. The van der Waals surface area contributed by atoms with E-state index >= 15 is 0 Å². The van der Waals surface area contributed by atoms with E-state index in [0.717, 1.165) is 18.4 Å². The topological polar surface area (TPSA) is 49.8 Å². The number of hydrogen-bond donors (Lipinski definition) is 1. The maximum Gasteiger partial charge on any atom is 0.266 e. The molecule has 4 nitrogen and oxygen atoms in total. The van der Waals surface area contributed by atoms with Gasteiger partial charge in [-0.2, -0.15) is 0 Å². The Kier molecular flexibility index (Phi) is 6.47. The van der Waals surface area contributed by atoms with Crippen molar-refractivity contribution in [1.29, 1.82) is 0 Å². The highest BCUT2D eigenvalue weighted by molar-refractivity contribution is 8.26. The van der Waals surface area contributed by atoms with E-state index in [2.05, 4.69) is 6.92 Å². The number of phenolic OH excluding ortho intramolecular Hbond substituents is 1. The van der Waals surface area contributed by atoms with E-state index < -0.39 is 0 Å². The summed E-state index contributed by atoms with van der Waals surface area (Å²) in [7, 11) is 1.49. The molecule has 0 unspecified atom stereocenters. The van der Waals surface area contributed by atoms with Crippen molar-refractivity contribution in [1.82, 2.24) is 4.90 Å². The number of phenols is 1. The largest absolute Gasteiger partial charge is 0.504 e. The zero-order valence-corrected chi connectivity index (χ0v) is 15.0. The summed E-state index contributed by atoms with van der Waals surface area (Å²) >= 11 is 6.64. The van der Waals surface area contributed by atoms with Crippen LogP contribution in [0, 0.1) is 0 Å². The number of thioether (sulfide) groups is 1. The van der Waals surface area contributed by atoms with Gasteiger partial charge in [0.1, 0.15) is 4.32 Å². The van der Waals surface area contributed by atoms with E-state index in [-0.39, 0.29) is 11.7 Å². The minimum Gasteiger partial charge on any atom is -0.504 e. The van der Waals surface area contributed by atoms with E-state index in [0.29, 0.717) is 21.5 Å². The molecule has 1 amide bonds.